The van der Waals surface area contributed by atoms with Crippen LogP contribution in [0, 0.1) is 18.6 Å². The van der Waals surface area contributed by atoms with E-state index in [1.54, 1.807) is 0 Å². The molecule has 0 saturated carbocycles. The molecular weight excluding hydrogens is 404 g/mol. The first-order valence-electron chi connectivity index (χ1n) is 10.0. The van der Waals surface area contributed by atoms with Crippen molar-refractivity contribution in [3.8, 4) is 11.3 Å². The molecule has 30 heavy (non-hydrogen) atoms. The van der Waals surface area contributed by atoms with Crippen molar-refractivity contribution in [3.05, 3.63) is 69.8 Å². The Balaban J connectivity index is 1.67. The van der Waals surface area contributed by atoms with Gasteiger partial charge in [-0.3, -0.25) is 4.79 Å². The smallest absolute Gasteiger partial charge is 0.222 e. The van der Waals surface area contributed by atoms with Gasteiger partial charge in [-0.15, -0.1) is 11.3 Å². The van der Waals surface area contributed by atoms with Gasteiger partial charge >= 0.3 is 0 Å². The van der Waals surface area contributed by atoms with Gasteiger partial charge in [-0.1, -0.05) is 29.8 Å². The lowest BCUT2D eigenvalue weighted by atomic mass is 10.1. The van der Waals surface area contributed by atoms with Gasteiger partial charge in [0.15, 0.2) is 10.6 Å². The number of hydrogen-bond acceptors (Lipinski definition) is 3. The van der Waals surface area contributed by atoms with Gasteiger partial charge in [-0.25, -0.2) is 13.8 Å². The zero-order chi connectivity index (χ0) is 21.1. The van der Waals surface area contributed by atoms with Crippen LogP contribution in [0.5, 0.6) is 0 Å². The van der Waals surface area contributed by atoms with Crippen molar-refractivity contribution in [2.24, 2.45) is 4.99 Å². The summed E-state index contributed by atoms with van der Waals surface area (Å²) in [6.45, 7) is 4.20. The average Bonchev–Trinajstić information content (AvgIpc) is 3.31. The normalized spacial score (nSPS) is 14.7. The standard InChI is InChI=1S/C23H23F2N3OS/c1-16-5-7-17(8-6-16)21-15-30-23(26-20-10-9-18(24)14-19(20)25)28(21)13-3-12-27-11-2-4-22(27)29/h5-10,14-15H,2-4,11-13H2,1H3. The topological polar surface area (TPSA) is 37.6 Å². The minimum atomic E-state index is -0.686. The Hall–Kier alpha value is -2.80. The van der Waals surface area contributed by atoms with Crippen molar-refractivity contribution in [1.82, 2.24) is 9.47 Å². The molecule has 0 spiro atoms. The highest BCUT2D eigenvalue weighted by atomic mass is 32.1. The molecule has 2 aromatic carbocycles. The van der Waals surface area contributed by atoms with Crippen LogP contribution in [-0.2, 0) is 11.3 Å². The van der Waals surface area contributed by atoms with E-state index in [1.165, 1.54) is 29.0 Å². The third kappa shape index (κ3) is 4.51. The van der Waals surface area contributed by atoms with Gasteiger partial charge in [-0.2, -0.15) is 0 Å². The number of rotatable bonds is 6. The first kappa shape index (κ1) is 20.5. The molecule has 0 bridgehead atoms. The molecule has 1 saturated heterocycles. The van der Waals surface area contributed by atoms with Crippen molar-refractivity contribution >= 4 is 22.9 Å². The molecule has 4 nitrogen and oxygen atoms in total. The number of amides is 1. The number of halogens is 2. The summed E-state index contributed by atoms with van der Waals surface area (Å²) in [6.07, 6.45) is 2.33. The molecule has 156 valence electrons. The van der Waals surface area contributed by atoms with Crippen LogP contribution < -0.4 is 4.80 Å². The number of hydrogen-bond donors (Lipinski definition) is 0. The maximum Gasteiger partial charge on any atom is 0.222 e. The van der Waals surface area contributed by atoms with Crippen molar-refractivity contribution < 1.29 is 13.6 Å². The van der Waals surface area contributed by atoms with Gasteiger partial charge in [0.1, 0.15) is 11.5 Å². The number of thiazole rings is 1. The van der Waals surface area contributed by atoms with Crippen molar-refractivity contribution in [2.45, 2.75) is 32.7 Å². The van der Waals surface area contributed by atoms with E-state index in [0.717, 1.165) is 36.7 Å². The molecule has 0 radical (unpaired) electrons. The van der Waals surface area contributed by atoms with E-state index in [1.807, 2.05) is 17.2 Å². The lowest BCUT2D eigenvalue weighted by molar-refractivity contribution is -0.127. The zero-order valence-corrected chi connectivity index (χ0v) is 17.6. The lowest BCUT2D eigenvalue weighted by Gasteiger charge is -2.16. The molecule has 1 aliphatic heterocycles. The molecule has 0 unspecified atom stereocenters. The summed E-state index contributed by atoms with van der Waals surface area (Å²) < 4.78 is 29.5. The van der Waals surface area contributed by atoms with E-state index in [4.69, 9.17) is 0 Å². The molecule has 7 heteroatoms. The Morgan fingerprint density at radius 1 is 1.10 bits per heavy atom. The maximum absolute atomic E-state index is 14.2. The predicted octanol–water partition coefficient (Wildman–Crippen LogP) is 5.05. The van der Waals surface area contributed by atoms with Crippen LogP contribution in [0.4, 0.5) is 14.5 Å². The van der Waals surface area contributed by atoms with Gasteiger partial charge in [0.2, 0.25) is 5.91 Å². The molecule has 1 aromatic heterocycles. The lowest BCUT2D eigenvalue weighted by Crippen LogP contribution is -2.27. The Morgan fingerprint density at radius 3 is 2.60 bits per heavy atom. The molecule has 0 atom stereocenters. The third-order valence-electron chi connectivity index (χ3n) is 5.25. The van der Waals surface area contributed by atoms with E-state index in [0.29, 0.717) is 24.3 Å². The second-order valence-corrected chi connectivity index (χ2v) is 8.30. The van der Waals surface area contributed by atoms with Crippen LogP contribution in [0.3, 0.4) is 0 Å². The number of benzene rings is 2. The third-order valence-corrected chi connectivity index (χ3v) is 6.12. The van der Waals surface area contributed by atoms with E-state index < -0.39 is 11.6 Å². The molecule has 1 aliphatic rings. The zero-order valence-electron chi connectivity index (χ0n) is 16.8. The summed E-state index contributed by atoms with van der Waals surface area (Å²) in [4.78, 5) is 18.9. The molecule has 0 aliphatic carbocycles. The fourth-order valence-corrected chi connectivity index (χ4v) is 4.57. The fraction of sp³-hybridized carbons (Fsp3) is 0.304. The van der Waals surface area contributed by atoms with Crippen LogP contribution in [-0.4, -0.2) is 28.5 Å². The molecule has 4 rings (SSSR count). The van der Waals surface area contributed by atoms with Crippen LogP contribution in [0.2, 0.25) is 0 Å². The quantitative estimate of drug-likeness (QED) is 0.543. The number of carbonyl (C=O) groups excluding carboxylic acids is 1. The number of likely N-dealkylation sites (tertiary alicyclic amines) is 1. The van der Waals surface area contributed by atoms with Gasteiger partial charge in [-0.05, 0) is 37.5 Å². The van der Waals surface area contributed by atoms with Crippen molar-refractivity contribution in [3.63, 3.8) is 0 Å². The SMILES string of the molecule is Cc1ccc(-c2csc(=Nc3ccc(F)cc3F)n2CCCN2CCCC2=O)cc1. The minimum Gasteiger partial charge on any atom is -0.343 e. The molecule has 3 aromatic rings. The Bertz CT molecular complexity index is 1120. The Morgan fingerprint density at radius 2 is 1.90 bits per heavy atom. The monoisotopic (exact) mass is 427 g/mol. The highest BCUT2D eigenvalue weighted by Crippen LogP contribution is 2.23. The van der Waals surface area contributed by atoms with E-state index in [2.05, 4.69) is 33.8 Å². The summed E-state index contributed by atoms with van der Waals surface area (Å²) in [5, 5.41) is 2.01. The Labute approximate surface area is 178 Å². The predicted molar refractivity (Wildman–Crippen MR) is 114 cm³/mol. The first-order valence-corrected chi connectivity index (χ1v) is 10.9. The summed E-state index contributed by atoms with van der Waals surface area (Å²) in [5.74, 6) is -1.10. The van der Waals surface area contributed by atoms with E-state index >= 15 is 0 Å². The first-order chi connectivity index (χ1) is 14.5. The highest BCUT2D eigenvalue weighted by molar-refractivity contribution is 7.07. The summed E-state index contributed by atoms with van der Waals surface area (Å²) in [5.41, 5.74) is 3.33. The molecular formula is C23H23F2N3OS. The number of aromatic nitrogens is 1. The molecule has 1 amide bonds. The Kier molecular flexibility index (Phi) is 6.08. The van der Waals surface area contributed by atoms with Crippen molar-refractivity contribution in [1.29, 1.82) is 0 Å². The molecule has 1 fully saturated rings. The minimum absolute atomic E-state index is 0.108. The maximum atomic E-state index is 14.2. The largest absolute Gasteiger partial charge is 0.343 e. The van der Waals surface area contributed by atoms with Crippen LogP contribution in [0.25, 0.3) is 11.3 Å². The fourth-order valence-electron chi connectivity index (χ4n) is 3.62. The van der Waals surface area contributed by atoms with E-state index in [9.17, 15) is 13.6 Å². The van der Waals surface area contributed by atoms with Gasteiger partial charge < -0.3 is 9.47 Å². The highest BCUT2D eigenvalue weighted by Gasteiger charge is 2.19. The van der Waals surface area contributed by atoms with Crippen LogP contribution >= 0.6 is 11.3 Å². The van der Waals surface area contributed by atoms with E-state index in [-0.39, 0.29) is 11.6 Å². The van der Waals surface area contributed by atoms with Crippen molar-refractivity contribution in [2.75, 3.05) is 13.1 Å². The second-order valence-electron chi connectivity index (χ2n) is 7.47. The average molecular weight is 428 g/mol. The summed E-state index contributed by atoms with van der Waals surface area (Å²) in [7, 11) is 0. The number of aryl methyl sites for hydroxylation is 1. The molecule has 2 heterocycles. The number of nitrogens with zero attached hydrogens (tertiary/aromatic N) is 3. The van der Waals surface area contributed by atoms with Gasteiger partial charge in [0.25, 0.3) is 0 Å². The summed E-state index contributed by atoms with van der Waals surface area (Å²) >= 11 is 1.42. The summed E-state index contributed by atoms with van der Waals surface area (Å²) in [6, 6.07) is 11.6. The molecule has 0 N–H and O–H groups in total. The van der Waals surface area contributed by atoms with Gasteiger partial charge in [0.05, 0.1) is 5.69 Å². The number of carbonyl (C=O) groups is 1. The van der Waals surface area contributed by atoms with Crippen LogP contribution in [0.15, 0.2) is 52.8 Å². The van der Waals surface area contributed by atoms with Crippen LogP contribution in [0.1, 0.15) is 24.8 Å². The second kappa shape index (κ2) is 8.92. The van der Waals surface area contributed by atoms with Gasteiger partial charge in [0, 0.05) is 37.5 Å².